The first-order valence-electron chi connectivity index (χ1n) is 13.3. The van der Waals surface area contributed by atoms with E-state index in [1.54, 1.807) is 23.1 Å². The Morgan fingerprint density at radius 1 is 1.05 bits per heavy atom. The number of benzene rings is 2. The largest absolute Gasteiger partial charge is 0.361 e. The standard InChI is InChI=1S/C29H33N7OS2/c1-20(11-30-27-31-13-23(38-2)14-32-27)12-33-28-34-24-9-8-22(10-25(24)39-28)26(37)36-18-29(19-36)16-35(17-29)15-21-6-4-3-5-7-21/h3-10,13-14,20H,11-12,15-19H2,1-2H3,(H,33,34)(H,30,31,32)/t20-/m0/s1. The molecule has 2 aliphatic heterocycles. The highest BCUT2D eigenvalue weighted by atomic mass is 32.2. The molecule has 2 saturated heterocycles. The van der Waals surface area contributed by atoms with Crippen LogP contribution in [0.2, 0.25) is 0 Å². The van der Waals surface area contributed by atoms with Crippen LogP contribution in [0.4, 0.5) is 11.1 Å². The van der Waals surface area contributed by atoms with E-state index >= 15 is 0 Å². The molecule has 0 unspecified atom stereocenters. The molecule has 2 aromatic heterocycles. The van der Waals surface area contributed by atoms with Crippen molar-refractivity contribution in [2.75, 3.05) is 56.2 Å². The van der Waals surface area contributed by atoms with Crippen LogP contribution in [0.15, 0.2) is 65.8 Å². The number of nitrogens with zero attached hydrogens (tertiary/aromatic N) is 5. The van der Waals surface area contributed by atoms with Gasteiger partial charge in [-0.3, -0.25) is 9.69 Å². The van der Waals surface area contributed by atoms with Crippen molar-refractivity contribution in [3.05, 3.63) is 72.1 Å². The number of fused-ring (bicyclic) bond motifs is 1. The second-order valence-corrected chi connectivity index (χ2v) is 12.7. The van der Waals surface area contributed by atoms with Gasteiger partial charge in [0.25, 0.3) is 5.91 Å². The maximum Gasteiger partial charge on any atom is 0.253 e. The predicted octanol–water partition coefficient (Wildman–Crippen LogP) is 4.93. The van der Waals surface area contributed by atoms with Gasteiger partial charge in [0.15, 0.2) is 5.13 Å². The molecule has 0 radical (unpaired) electrons. The summed E-state index contributed by atoms with van der Waals surface area (Å²) in [7, 11) is 0. The molecule has 202 valence electrons. The van der Waals surface area contributed by atoms with Crippen molar-refractivity contribution < 1.29 is 4.79 Å². The Morgan fingerprint density at radius 3 is 2.54 bits per heavy atom. The second kappa shape index (κ2) is 11.1. The average Bonchev–Trinajstić information content (AvgIpc) is 3.34. The van der Waals surface area contributed by atoms with Gasteiger partial charge in [-0.05, 0) is 35.9 Å². The zero-order chi connectivity index (χ0) is 26.8. The van der Waals surface area contributed by atoms with Crippen LogP contribution in [0.3, 0.4) is 0 Å². The number of amides is 1. The lowest BCUT2D eigenvalue weighted by Crippen LogP contribution is -2.72. The molecule has 2 aliphatic rings. The Labute approximate surface area is 237 Å². The Balaban J connectivity index is 0.973. The molecule has 1 atom stereocenters. The summed E-state index contributed by atoms with van der Waals surface area (Å²) >= 11 is 3.23. The third kappa shape index (κ3) is 5.88. The molecule has 4 aromatic rings. The van der Waals surface area contributed by atoms with Gasteiger partial charge in [0.05, 0.1) is 10.2 Å². The number of rotatable bonds is 10. The van der Waals surface area contributed by atoms with E-state index in [1.807, 2.05) is 41.7 Å². The Kier molecular flexibility index (Phi) is 7.42. The third-order valence-electron chi connectivity index (χ3n) is 7.42. The number of anilines is 2. The van der Waals surface area contributed by atoms with Gasteiger partial charge in [0.2, 0.25) is 5.95 Å². The zero-order valence-corrected chi connectivity index (χ0v) is 23.9. The van der Waals surface area contributed by atoms with Crippen LogP contribution in [-0.4, -0.2) is 76.2 Å². The SMILES string of the molecule is CSc1cnc(NC[C@H](C)CNc2nc3ccc(C(=O)N4CC5(CN(Cc6ccccc6)C5)C4)cc3s2)nc1. The highest BCUT2D eigenvalue weighted by molar-refractivity contribution is 7.98. The highest BCUT2D eigenvalue weighted by Gasteiger charge is 2.52. The maximum atomic E-state index is 13.2. The number of likely N-dealkylation sites (tertiary alicyclic amines) is 2. The molecule has 4 heterocycles. The lowest BCUT2D eigenvalue weighted by atomic mass is 9.72. The molecule has 2 aromatic carbocycles. The van der Waals surface area contributed by atoms with Crippen molar-refractivity contribution in [2.45, 2.75) is 18.4 Å². The van der Waals surface area contributed by atoms with Crippen LogP contribution in [0.5, 0.6) is 0 Å². The summed E-state index contributed by atoms with van der Waals surface area (Å²) in [6.07, 6.45) is 5.67. The lowest BCUT2D eigenvalue weighted by Gasteiger charge is -2.60. The number of aromatic nitrogens is 3. The number of carbonyl (C=O) groups is 1. The van der Waals surface area contributed by atoms with Crippen LogP contribution < -0.4 is 10.6 Å². The number of hydrogen-bond acceptors (Lipinski definition) is 9. The minimum absolute atomic E-state index is 0.124. The van der Waals surface area contributed by atoms with Crippen molar-refractivity contribution in [1.29, 1.82) is 0 Å². The molecule has 0 aliphatic carbocycles. The summed E-state index contributed by atoms with van der Waals surface area (Å²) < 4.78 is 1.03. The molecule has 39 heavy (non-hydrogen) atoms. The first-order valence-corrected chi connectivity index (χ1v) is 15.3. The van der Waals surface area contributed by atoms with Gasteiger partial charge in [-0.1, -0.05) is 48.6 Å². The monoisotopic (exact) mass is 559 g/mol. The summed E-state index contributed by atoms with van der Waals surface area (Å²) in [5.74, 6) is 1.12. The fraction of sp³-hybridized carbons (Fsp3) is 0.379. The lowest BCUT2D eigenvalue weighted by molar-refractivity contribution is -0.102. The molecule has 10 heteroatoms. The van der Waals surface area contributed by atoms with Crippen molar-refractivity contribution >= 4 is 50.3 Å². The molecule has 1 spiro atoms. The van der Waals surface area contributed by atoms with Gasteiger partial charge in [-0.2, -0.15) is 0 Å². The predicted molar refractivity (Wildman–Crippen MR) is 160 cm³/mol. The smallest absolute Gasteiger partial charge is 0.253 e. The van der Waals surface area contributed by atoms with Crippen LogP contribution in [0.1, 0.15) is 22.8 Å². The molecule has 8 nitrogen and oxygen atoms in total. The summed E-state index contributed by atoms with van der Waals surface area (Å²) in [5.41, 5.74) is 3.30. The van der Waals surface area contributed by atoms with E-state index in [0.29, 0.717) is 11.9 Å². The minimum Gasteiger partial charge on any atom is -0.361 e. The van der Waals surface area contributed by atoms with E-state index in [-0.39, 0.29) is 11.3 Å². The molecular formula is C29H33N7OS2. The van der Waals surface area contributed by atoms with Gasteiger partial charge < -0.3 is 15.5 Å². The molecule has 1 amide bonds. The molecule has 6 rings (SSSR count). The normalized spacial score (nSPS) is 17.0. The van der Waals surface area contributed by atoms with E-state index < -0.39 is 0 Å². The number of hydrogen-bond donors (Lipinski definition) is 2. The van der Waals surface area contributed by atoms with E-state index in [9.17, 15) is 4.79 Å². The van der Waals surface area contributed by atoms with Crippen LogP contribution >= 0.6 is 23.1 Å². The first kappa shape index (κ1) is 26.0. The number of thioether (sulfide) groups is 1. The van der Waals surface area contributed by atoms with Gasteiger partial charge in [0.1, 0.15) is 0 Å². The summed E-state index contributed by atoms with van der Waals surface area (Å²) in [4.78, 5) is 32.1. The Hall–Kier alpha value is -3.21. The maximum absolute atomic E-state index is 13.2. The first-order chi connectivity index (χ1) is 19.0. The van der Waals surface area contributed by atoms with Gasteiger partial charge >= 0.3 is 0 Å². The highest BCUT2D eigenvalue weighted by Crippen LogP contribution is 2.41. The van der Waals surface area contributed by atoms with Crippen molar-refractivity contribution in [3.8, 4) is 0 Å². The fourth-order valence-corrected chi connectivity index (χ4v) is 6.62. The van der Waals surface area contributed by atoms with E-state index in [0.717, 1.165) is 71.6 Å². The van der Waals surface area contributed by atoms with Gasteiger partial charge in [0, 0.05) is 74.1 Å². The van der Waals surface area contributed by atoms with Crippen LogP contribution in [0.25, 0.3) is 10.2 Å². The van der Waals surface area contributed by atoms with E-state index in [4.69, 9.17) is 4.98 Å². The molecule has 0 saturated carbocycles. The molecular weight excluding hydrogens is 527 g/mol. The van der Waals surface area contributed by atoms with Crippen LogP contribution in [-0.2, 0) is 6.54 Å². The topological polar surface area (TPSA) is 86.3 Å². The summed E-state index contributed by atoms with van der Waals surface area (Å²) in [6, 6.07) is 16.5. The molecule has 0 bridgehead atoms. The fourth-order valence-electron chi connectivity index (χ4n) is 5.39. The van der Waals surface area contributed by atoms with E-state index in [2.05, 4.69) is 62.8 Å². The number of carbonyl (C=O) groups excluding carboxylic acids is 1. The zero-order valence-electron chi connectivity index (χ0n) is 22.3. The van der Waals surface area contributed by atoms with Gasteiger partial charge in [-0.25, -0.2) is 15.0 Å². The van der Waals surface area contributed by atoms with Crippen LogP contribution in [0, 0.1) is 11.3 Å². The van der Waals surface area contributed by atoms with Crippen molar-refractivity contribution in [1.82, 2.24) is 24.8 Å². The molecule has 2 fully saturated rings. The third-order valence-corrected chi connectivity index (χ3v) is 9.07. The quantitative estimate of drug-likeness (QED) is 0.265. The van der Waals surface area contributed by atoms with E-state index in [1.165, 1.54) is 5.56 Å². The van der Waals surface area contributed by atoms with Gasteiger partial charge in [-0.15, -0.1) is 11.8 Å². The Bertz CT molecular complexity index is 1430. The van der Waals surface area contributed by atoms with Crippen molar-refractivity contribution in [3.63, 3.8) is 0 Å². The summed E-state index contributed by atoms with van der Waals surface area (Å²) in [6.45, 7) is 8.54. The Morgan fingerprint density at radius 2 is 1.79 bits per heavy atom. The minimum atomic E-state index is 0.124. The average molecular weight is 560 g/mol. The number of nitrogens with one attached hydrogen (secondary N) is 2. The van der Waals surface area contributed by atoms with Crippen molar-refractivity contribution in [2.24, 2.45) is 11.3 Å². The summed E-state index contributed by atoms with van der Waals surface area (Å²) in [5, 5.41) is 7.62. The number of thiazole rings is 1. The molecule has 2 N–H and O–H groups in total. The second-order valence-electron chi connectivity index (χ2n) is 10.8.